The first-order valence-corrected chi connectivity index (χ1v) is 8.59. The molecule has 0 unspecified atom stereocenters. The van der Waals surface area contributed by atoms with E-state index < -0.39 is 0 Å². The molecule has 0 bridgehead atoms. The second kappa shape index (κ2) is 7.63. The Morgan fingerprint density at radius 2 is 2.12 bits per heavy atom. The van der Waals surface area contributed by atoms with E-state index in [0.29, 0.717) is 17.4 Å². The van der Waals surface area contributed by atoms with Crippen molar-refractivity contribution in [2.45, 2.75) is 0 Å². The van der Waals surface area contributed by atoms with Gasteiger partial charge < -0.3 is 19.8 Å². The third-order valence-corrected chi connectivity index (χ3v) is 4.31. The number of nitrogens with one attached hydrogen (secondary N) is 2. The van der Waals surface area contributed by atoms with Crippen LogP contribution in [0, 0.1) is 0 Å². The van der Waals surface area contributed by atoms with Gasteiger partial charge in [0.15, 0.2) is 17.3 Å². The van der Waals surface area contributed by atoms with E-state index in [1.54, 1.807) is 25.7 Å². The molecule has 9 heteroatoms. The third-order valence-electron chi connectivity index (χ3n) is 4.31. The van der Waals surface area contributed by atoms with E-state index in [9.17, 15) is 0 Å². The van der Waals surface area contributed by atoms with Crippen LogP contribution < -0.4 is 10.1 Å². The number of ether oxygens (including phenoxy) is 2. The van der Waals surface area contributed by atoms with E-state index >= 15 is 0 Å². The second-order valence-corrected chi connectivity index (χ2v) is 5.97. The lowest BCUT2D eigenvalue weighted by molar-refractivity contribution is 0.0398. The molecule has 1 fully saturated rings. The summed E-state index contributed by atoms with van der Waals surface area (Å²) in [4.78, 5) is 23.2. The zero-order valence-corrected chi connectivity index (χ0v) is 14.6. The number of nitrogens with zero attached hydrogens (tertiary/aromatic N) is 5. The summed E-state index contributed by atoms with van der Waals surface area (Å²) < 4.78 is 10.5. The molecule has 2 N–H and O–H groups in total. The maximum Gasteiger partial charge on any atom is 0.212 e. The average Bonchev–Trinajstić information content (AvgIpc) is 3.18. The van der Waals surface area contributed by atoms with Gasteiger partial charge >= 0.3 is 0 Å². The molecule has 1 saturated heterocycles. The fraction of sp³-hybridized carbons (Fsp3) is 0.412. The Kier molecular flexibility index (Phi) is 4.89. The number of hydrogen-bond acceptors (Lipinski definition) is 8. The minimum atomic E-state index is 0.554. The van der Waals surface area contributed by atoms with E-state index in [1.165, 1.54) is 0 Å². The highest BCUT2D eigenvalue weighted by Gasteiger charge is 2.13. The number of aromatic nitrogens is 5. The van der Waals surface area contributed by atoms with Crippen LogP contribution >= 0.6 is 0 Å². The van der Waals surface area contributed by atoms with Crippen molar-refractivity contribution in [3.05, 3.63) is 24.7 Å². The number of imidazole rings is 1. The number of pyridine rings is 1. The van der Waals surface area contributed by atoms with Crippen molar-refractivity contribution < 1.29 is 9.47 Å². The molecule has 0 amide bonds. The molecule has 9 nitrogen and oxygen atoms in total. The number of aromatic amines is 1. The van der Waals surface area contributed by atoms with Gasteiger partial charge in [-0.2, -0.15) is 0 Å². The minimum absolute atomic E-state index is 0.554. The van der Waals surface area contributed by atoms with Crippen molar-refractivity contribution in [3.63, 3.8) is 0 Å². The molecule has 4 rings (SSSR count). The van der Waals surface area contributed by atoms with Crippen LogP contribution in [0.2, 0.25) is 0 Å². The first kappa shape index (κ1) is 16.7. The van der Waals surface area contributed by atoms with Crippen LogP contribution in [0.5, 0.6) is 5.88 Å². The van der Waals surface area contributed by atoms with Crippen LogP contribution in [0.15, 0.2) is 24.7 Å². The summed E-state index contributed by atoms with van der Waals surface area (Å²) in [5.74, 6) is 1.87. The lowest BCUT2D eigenvalue weighted by Gasteiger charge is -2.26. The van der Waals surface area contributed by atoms with Crippen LogP contribution in [0.4, 0.5) is 5.82 Å². The van der Waals surface area contributed by atoms with Crippen molar-refractivity contribution >= 4 is 17.0 Å². The molecule has 0 aliphatic carbocycles. The normalized spacial score (nSPS) is 15.3. The van der Waals surface area contributed by atoms with Crippen molar-refractivity contribution in [1.82, 2.24) is 29.8 Å². The Bertz CT molecular complexity index is 859. The second-order valence-electron chi connectivity index (χ2n) is 5.97. The molecular formula is C17H21N7O2. The average molecular weight is 355 g/mol. The summed E-state index contributed by atoms with van der Waals surface area (Å²) in [6.45, 7) is 5.25. The monoisotopic (exact) mass is 355 g/mol. The van der Waals surface area contributed by atoms with Crippen molar-refractivity contribution in [2.24, 2.45) is 0 Å². The van der Waals surface area contributed by atoms with Gasteiger partial charge in [0.25, 0.3) is 0 Å². The summed E-state index contributed by atoms with van der Waals surface area (Å²) in [5.41, 5.74) is 2.24. The molecule has 3 aromatic rings. The molecule has 0 radical (unpaired) electrons. The Morgan fingerprint density at radius 1 is 1.23 bits per heavy atom. The van der Waals surface area contributed by atoms with Gasteiger partial charge in [0.05, 0.1) is 26.7 Å². The van der Waals surface area contributed by atoms with Crippen molar-refractivity contribution in [2.75, 3.05) is 51.8 Å². The van der Waals surface area contributed by atoms with Gasteiger partial charge in [-0.3, -0.25) is 4.90 Å². The molecule has 4 heterocycles. The highest BCUT2D eigenvalue weighted by atomic mass is 16.5. The van der Waals surface area contributed by atoms with E-state index in [4.69, 9.17) is 9.47 Å². The Balaban J connectivity index is 1.53. The smallest absolute Gasteiger partial charge is 0.212 e. The van der Waals surface area contributed by atoms with Gasteiger partial charge in [-0.1, -0.05) is 0 Å². The van der Waals surface area contributed by atoms with Crippen LogP contribution in [0.25, 0.3) is 22.6 Å². The predicted octanol–water partition coefficient (Wildman–Crippen LogP) is 1.17. The maximum absolute atomic E-state index is 5.38. The van der Waals surface area contributed by atoms with E-state index in [2.05, 4.69) is 35.1 Å². The lowest BCUT2D eigenvalue weighted by atomic mass is 10.2. The third kappa shape index (κ3) is 3.58. The summed E-state index contributed by atoms with van der Waals surface area (Å²) in [6, 6.07) is 3.68. The molecule has 0 aromatic carbocycles. The highest BCUT2D eigenvalue weighted by molar-refractivity contribution is 5.84. The largest absolute Gasteiger partial charge is 0.481 e. The first-order valence-electron chi connectivity index (χ1n) is 8.59. The number of hydrogen-bond donors (Lipinski definition) is 2. The van der Waals surface area contributed by atoms with Gasteiger partial charge in [-0.15, -0.1) is 0 Å². The molecule has 0 saturated carbocycles. The van der Waals surface area contributed by atoms with Gasteiger partial charge in [-0.05, 0) is 6.07 Å². The Labute approximate surface area is 150 Å². The summed E-state index contributed by atoms with van der Waals surface area (Å²) in [7, 11) is 1.59. The number of rotatable bonds is 6. The summed E-state index contributed by atoms with van der Waals surface area (Å²) in [5, 5.41) is 3.40. The quantitative estimate of drug-likeness (QED) is 0.679. The standard InChI is InChI=1S/C17H21N7O2/c1-25-13-3-2-12(10-19-13)15-22-16(14-17(23-15)21-11-20-14)18-4-5-24-6-8-26-9-7-24/h2-3,10-11H,4-9H2,1H3,(H2,18,20,21,22,23). The molecule has 1 aliphatic heterocycles. The SMILES string of the molecule is COc1ccc(-c2nc(NCCN3CCOCC3)c3[nH]cnc3n2)cn1. The predicted molar refractivity (Wildman–Crippen MR) is 97.2 cm³/mol. The molecule has 136 valence electrons. The zero-order chi connectivity index (χ0) is 17.8. The van der Waals surface area contributed by atoms with Crippen molar-refractivity contribution in [1.29, 1.82) is 0 Å². The molecule has 0 atom stereocenters. The van der Waals surface area contributed by atoms with Crippen LogP contribution in [-0.2, 0) is 4.74 Å². The van der Waals surface area contributed by atoms with Crippen LogP contribution in [-0.4, -0.2) is 76.3 Å². The van der Waals surface area contributed by atoms with Gasteiger partial charge in [0.1, 0.15) is 5.52 Å². The minimum Gasteiger partial charge on any atom is -0.481 e. The van der Waals surface area contributed by atoms with Crippen molar-refractivity contribution in [3.8, 4) is 17.3 Å². The number of anilines is 1. The number of fused-ring (bicyclic) bond motifs is 1. The van der Waals surface area contributed by atoms with Crippen LogP contribution in [0.3, 0.4) is 0 Å². The number of methoxy groups -OCH3 is 1. The maximum atomic E-state index is 5.38. The van der Waals surface area contributed by atoms with E-state index in [1.807, 2.05) is 6.07 Å². The first-order chi connectivity index (χ1) is 12.8. The Hall–Kier alpha value is -2.78. The zero-order valence-electron chi connectivity index (χ0n) is 14.6. The number of morpholine rings is 1. The van der Waals surface area contributed by atoms with E-state index in [-0.39, 0.29) is 0 Å². The highest BCUT2D eigenvalue weighted by Crippen LogP contribution is 2.23. The summed E-state index contributed by atoms with van der Waals surface area (Å²) in [6.07, 6.45) is 3.33. The molecule has 26 heavy (non-hydrogen) atoms. The molecule has 0 spiro atoms. The molecule has 3 aromatic heterocycles. The fourth-order valence-corrected chi connectivity index (χ4v) is 2.88. The van der Waals surface area contributed by atoms with Crippen LogP contribution in [0.1, 0.15) is 0 Å². The number of H-pyrrole nitrogens is 1. The van der Waals surface area contributed by atoms with Gasteiger partial charge in [0, 0.05) is 44.0 Å². The summed E-state index contributed by atoms with van der Waals surface area (Å²) >= 11 is 0. The molecule has 1 aliphatic rings. The van der Waals surface area contributed by atoms with Gasteiger partial charge in [-0.25, -0.2) is 19.9 Å². The fourth-order valence-electron chi connectivity index (χ4n) is 2.88. The van der Waals surface area contributed by atoms with Gasteiger partial charge in [0.2, 0.25) is 5.88 Å². The lowest BCUT2D eigenvalue weighted by Crippen LogP contribution is -2.39. The molecular weight excluding hydrogens is 334 g/mol. The Morgan fingerprint density at radius 3 is 2.88 bits per heavy atom. The topological polar surface area (TPSA) is 101 Å². The van der Waals surface area contributed by atoms with E-state index in [0.717, 1.165) is 56.3 Å².